The minimum absolute atomic E-state index is 0. The summed E-state index contributed by atoms with van der Waals surface area (Å²) in [6.45, 7) is 6.89. The fourth-order valence-corrected chi connectivity index (χ4v) is 4.99. The summed E-state index contributed by atoms with van der Waals surface area (Å²) in [4.78, 5) is 12.5. The molecular formula is C19H32ClN3O3S. The molecule has 8 heteroatoms. The normalized spacial score (nSPS) is 17.1. The SMILES string of the molecule is Cc1ccc(NC(=O)[C@@H](N)CC(C)C)cc1S(=O)(=O)N1CCCCCC1.Cl. The van der Waals surface area contributed by atoms with E-state index in [2.05, 4.69) is 5.32 Å². The Bertz CT molecular complexity index is 730. The van der Waals surface area contributed by atoms with Gasteiger partial charge in [-0.2, -0.15) is 4.31 Å². The van der Waals surface area contributed by atoms with E-state index in [-0.39, 0.29) is 23.2 Å². The predicted octanol–water partition coefficient (Wildman–Crippen LogP) is 3.29. The van der Waals surface area contributed by atoms with E-state index < -0.39 is 16.1 Å². The van der Waals surface area contributed by atoms with Crippen LogP contribution in [0.1, 0.15) is 51.5 Å². The number of nitrogens with two attached hydrogens (primary N) is 1. The number of amides is 1. The largest absolute Gasteiger partial charge is 0.325 e. The van der Waals surface area contributed by atoms with Crippen LogP contribution in [0.4, 0.5) is 5.69 Å². The molecule has 1 heterocycles. The number of nitrogens with one attached hydrogen (secondary N) is 1. The van der Waals surface area contributed by atoms with E-state index in [9.17, 15) is 13.2 Å². The topological polar surface area (TPSA) is 92.5 Å². The van der Waals surface area contributed by atoms with Gasteiger partial charge >= 0.3 is 0 Å². The molecule has 154 valence electrons. The third kappa shape index (κ3) is 6.45. The molecule has 0 aliphatic carbocycles. The van der Waals surface area contributed by atoms with E-state index in [4.69, 9.17) is 5.73 Å². The molecule has 0 radical (unpaired) electrons. The van der Waals surface area contributed by atoms with Crippen molar-refractivity contribution in [3.8, 4) is 0 Å². The van der Waals surface area contributed by atoms with Crippen molar-refractivity contribution in [1.29, 1.82) is 0 Å². The Morgan fingerprint density at radius 1 is 1.19 bits per heavy atom. The lowest BCUT2D eigenvalue weighted by atomic mass is 10.0. The summed E-state index contributed by atoms with van der Waals surface area (Å²) in [5.74, 6) is 0.0217. The quantitative estimate of drug-likeness (QED) is 0.742. The van der Waals surface area contributed by atoms with Gasteiger partial charge in [0.25, 0.3) is 0 Å². The number of hydrogen-bond donors (Lipinski definition) is 2. The van der Waals surface area contributed by atoms with Gasteiger partial charge in [-0.1, -0.05) is 32.8 Å². The average molecular weight is 418 g/mol. The Hall–Kier alpha value is -1.15. The third-order valence-corrected chi connectivity index (χ3v) is 6.74. The van der Waals surface area contributed by atoms with Crippen molar-refractivity contribution in [2.45, 2.75) is 63.8 Å². The van der Waals surface area contributed by atoms with E-state index in [0.29, 0.717) is 36.7 Å². The Kier molecular flexibility index (Phi) is 9.21. The number of anilines is 1. The van der Waals surface area contributed by atoms with Gasteiger partial charge in [0.1, 0.15) is 0 Å². The molecule has 0 bridgehead atoms. The molecule has 1 aromatic carbocycles. The number of benzene rings is 1. The molecule has 1 amide bonds. The van der Waals surface area contributed by atoms with E-state index in [1.807, 2.05) is 13.8 Å². The third-order valence-electron chi connectivity index (χ3n) is 4.70. The molecule has 1 aliphatic heterocycles. The highest BCUT2D eigenvalue weighted by Gasteiger charge is 2.27. The summed E-state index contributed by atoms with van der Waals surface area (Å²) in [5.41, 5.74) is 7.06. The molecule has 1 aliphatic rings. The van der Waals surface area contributed by atoms with Crippen LogP contribution < -0.4 is 11.1 Å². The molecule has 0 aromatic heterocycles. The van der Waals surface area contributed by atoms with Gasteiger partial charge in [-0.15, -0.1) is 12.4 Å². The maximum Gasteiger partial charge on any atom is 0.243 e. The molecule has 1 aromatic rings. The number of halogens is 1. The van der Waals surface area contributed by atoms with Gasteiger partial charge in [-0.3, -0.25) is 4.79 Å². The average Bonchev–Trinajstić information content (AvgIpc) is 2.85. The molecule has 27 heavy (non-hydrogen) atoms. The molecule has 0 spiro atoms. The first-order valence-corrected chi connectivity index (χ1v) is 10.8. The first kappa shape index (κ1) is 23.9. The fourth-order valence-electron chi connectivity index (χ4n) is 3.23. The Morgan fingerprint density at radius 3 is 2.33 bits per heavy atom. The summed E-state index contributed by atoms with van der Waals surface area (Å²) in [5, 5.41) is 2.76. The van der Waals surface area contributed by atoms with Crippen molar-refractivity contribution in [3.05, 3.63) is 23.8 Å². The van der Waals surface area contributed by atoms with Gasteiger partial charge < -0.3 is 11.1 Å². The highest BCUT2D eigenvalue weighted by Crippen LogP contribution is 2.26. The molecule has 1 saturated heterocycles. The summed E-state index contributed by atoms with van der Waals surface area (Å²) < 4.78 is 27.7. The summed E-state index contributed by atoms with van der Waals surface area (Å²) in [7, 11) is -3.56. The lowest BCUT2D eigenvalue weighted by Gasteiger charge is -2.22. The smallest absolute Gasteiger partial charge is 0.243 e. The van der Waals surface area contributed by atoms with Crippen LogP contribution in [0.25, 0.3) is 0 Å². The first-order valence-electron chi connectivity index (χ1n) is 9.39. The number of nitrogens with zero attached hydrogens (tertiary/aromatic N) is 1. The molecule has 6 nitrogen and oxygen atoms in total. The van der Waals surface area contributed by atoms with Crippen LogP contribution in [0.15, 0.2) is 23.1 Å². The minimum atomic E-state index is -3.56. The Morgan fingerprint density at radius 2 is 1.78 bits per heavy atom. The Labute approximate surface area is 169 Å². The van der Waals surface area contributed by atoms with Gasteiger partial charge in [0, 0.05) is 18.8 Å². The van der Waals surface area contributed by atoms with Crippen LogP contribution in [0, 0.1) is 12.8 Å². The second kappa shape index (κ2) is 10.4. The van der Waals surface area contributed by atoms with Crippen molar-refractivity contribution >= 4 is 34.0 Å². The standard InChI is InChI=1S/C19H31N3O3S.ClH/c1-14(2)12-17(20)19(23)21-16-9-8-15(3)18(13-16)26(24,25)22-10-6-4-5-7-11-22;/h8-9,13-14,17H,4-7,10-12,20H2,1-3H3,(H,21,23);1H/t17-;/m0./s1. The second-order valence-corrected chi connectivity index (χ2v) is 9.43. The van der Waals surface area contributed by atoms with Crippen molar-refractivity contribution in [3.63, 3.8) is 0 Å². The number of carbonyl (C=O) groups is 1. The summed E-state index contributed by atoms with van der Waals surface area (Å²) >= 11 is 0. The number of rotatable bonds is 6. The molecule has 3 N–H and O–H groups in total. The predicted molar refractivity (Wildman–Crippen MR) is 112 cm³/mol. The highest BCUT2D eigenvalue weighted by molar-refractivity contribution is 7.89. The minimum Gasteiger partial charge on any atom is -0.325 e. The van der Waals surface area contributed by atoms with Crippen LogP contribution >= 0.6 is 12.4 Å². The molecule has 1 atom stereocenters. The summed E-state index contributed by atoms with van der Waals surface area (Å²) in [6.07, 6.45) is 4.48. The second-order valence-electron chi connectivity index (χ2n) is 7.52. The zero-order valence-electron chi connectivity index (χ0n) is 16.4. The van der Waals surface area contributed by atoms with Gasteiger partial charge in [-0.25, -0.2) is 8.42 Å². The number of carbonyl (C=O) groups excluding carboxylic acids is 1. The van der Waals surface area contributed by atoms with Crippen molar-refractivity contribution < 1.29 is 13.2 Å². The molecular weight excluding hydrogens is 386 g/mol. The van der Waals surface area contributed by atoms with Crippen LogP contribution in [-0.4, -0.2) is 37.8 Å². The van der Waals surface area contributed by atoms with E-state index in [1.54, 1.807) is 29.4 Å². The molecule has 2 rings (SSSR count). The first-order chi connectivity index (χ1) is 12.2. The van der Waals surface area contributed by atoms with Crippen LogP contribution in [-0.2, 0) is 14.8 Å². The molecule has 1 fully saturated rings. The van der Waals surface area contributed by atoms with Crippen molar-refractivity contribution in [2.75, 3.05) is 18.4 Å². The van der Waals surface area contributed by atoms with Crippen molar-refractivity contribution in [2.24, 2.45) is 11.7 Å². The molecule has 0 unspecified atom stereocenters. The van der Waals surface area contributed by atoms with Crippen LogP contribution in [0.5, 0.6) is 0 Å². The van der Waals surface area contributed by atoms with Gasteiger partial charge in [0.05, 0.1) is 10.9 Å². The van der Waals surface area contributed by atoms with E-state index >= 15 is 0 Å². The van der Waals surface area contributed by atoms with E-state index in [1.165, 1.54) is 0 Å². The zero-order chi connectivity index (χ0) is 19.3. The van der Waals surface area contributed by atoms with Crippen LogP contribution in [0.2, 0.25) is 0 Å². The van der Waals surface area contributed by atoms with E-state index in [0.717, 1.165) is 25.7 Å². The van der Waals surface area contributed by atoms with Crippen molar-refractivity contribution in [1.82, 2.24) is 4.31 Å². The van der Waals surface area contributed by atoms with Gasteiger partial charge in [0.2, 0.25) is 15.9 Å². The monoisotopic (exact) mass is 417 g/mol. The lowest BCUT2D eigenvalue weighted by Crippen LogP contribution is -2.36. The maximum absolute atomic E-state index is 13.1. The summed E-state index contributed by atoms with van der Waals surface area (Å²) in [6, 6.07) is 4.39. The zero-order valence-corrected chi connectivity index (χ0v) is 18.0. The fraction of sp³-hybridized carbons (Fsp3) is 0.632. The highest BCUT2D eigenvalue weighted by atomic mass is 35.5. The number of aryl methyl sites for hydroxylation is 1. The lowest BCUT2D eigenvalue weighted by molar-refractivity contribution is -0.117. The Balaban J connectivity index is 0.00000364. The van der Waals surface area contributed by atoms with Gasteiger partial charge in [0.15, 0.2) is 0 Å². The maximum atomic E-state index is 13.1. The molecule has 0 saturated carbocycles. The number of hydrogen-bond acceptors (Lipinski definition) is 4. The number of sulfonamides is 1. The van der Waals surface area contributed by atoms with Crippen LogP contribution in [0.3, 0.4) is 0 Å². The van der Waals surface area contributed by atoms with Gasteiger partial charge in [-0.05, 0) is 49.8 Å².